The van der Waals surface area contributed by atoms with Crippen LogP contribution in [0.15, 0.2) is 21.6 Å². The number of rotatable bonds is 5. The number of ether oxygens (including phenoxy) is 1. The molecule has 2 N–H and O–H groups in total. The third-order valence-electron chi connectivity index (χ3n) is 3.82. The number of hydrogen-bond donors (Lipinski definition) is 2. The maximum absolute atomic E-state index is 12.1. The van der Waals surface area contributed by atoms with Crippen LogP contribution in [0.4, 0.5) is 0 Å². The van der Waals surface area contributed by atoms with Gasteiger partial charge in [0.1, 0.15) is 12.4 Å². The van der Waals surface area contributed by atoms with Crippen LogP contribution in [-0.2, 0) is 21.4 Å². The minimum Gasteiger partial charge on any atom is -0.446 e. The molecular formula is C12H19NO5S. The molecule has 19 heavy (non-hydrogen) atoms. The second kappa shape index (κ2) is 4.90. The summed E-state index contributed by atoms with van der Waals surface area (Å²) >= 11 is 0. The van der Waals surface area contributed by atoms with E-state index in [4.69, 9.17) is 14.3 Å². The number of hydrogen-bond acceptors (Lipinski definition) is 5. The van der Waals surface area contributed by atoms with Crippen LogP contribution in [0.25, 0.3) is 0 Å². The van der Waals surface area contributed by atoms with E-state index in [0.29, 0.717) is 6.42 Å². The van der Waals surface area contributed by atoms with Gasteiger partial charge in [0.25, 0.3) is 10.0 Å². The van der Waals surface area contributed by atoms with Crippen LogP contribution < -0.4 is 4.72 Å². The molecule has 0 saturated heterocycles. The summed E-state index contributed by atoms with van der Waals surface area (Å²) in [6, 6.07) is 2.59. The van der Waals surface area contributed by atoms with E-state index in [0.717, 1.165) is 0 Å². The number of aliphatic hydroxyl groups excluding tert-OH is 1. The van der Waals surface area contributed by atoms with Gasteiger partial charge in [-0.15, -0.1) is 0 Å². The fourth-order valence-electron chi connectivity index (χ4n) is 2.32. The molecule has 0 radical (unpaired) electrons. The quantitative estimate of drug-likeness (QED) is 0.839. The number of furan rings is 1. The molecular weight excluding hydrogens is 270 g/mol. The third kappa shape index (κ3) is 2.55. The van der Waals surface area contributed by atoms with Crippen LogP contribution in [0.5, 0.6) is 0 Å². The summed E-state index contributed by atoms with van der Waals surface area (Å²) in [5, 5.41) is 8.71. The van der Waals surface area contributed by atoms with E-state index in [1.54, 1.807) is 7.11 Å². The average molecular weight is 289 g/mol. The lowest BCUT2D eigenvalue weighted by atomic mass is 9.65. The number of methoxy groups -OCH3 is 1. The van der Waals surface area contributed by atoms with Crippen molar-refractivity contribution in [1.29, 1.82) is 0 Å². The van der Waals surface area contributed by atoms with Gasteiger partial charge >= 0.3 is 0 Å². The van der Waals surface area contributed by atoms with Crippen molar-refractivity contribution in [2.45, 2.75) is 44.1 Å². The van der Waals surface area contributed by atoms with Crippen LogP contribution in [0, 0.1) is 5.41 Å². The van der Waals surface area contributed by atoms with Crippen LogP contribution in [0.2, 0.25) is 0 Å². The molecule has 1 aromatic rings. The summed E-state index contributed by atoms with van der Waals surface area (Å²) in [5.74, 6) is 0.225. The second-order valence-corrected chi connectivity index (χ2v) is 6.98. The largest absolute Gasteiger partial charge is 0.446 e. The molecule has 1 fully saturated rings. The molecule has 1 aliphatic rings. The minimum absolute atomic E-state index is 0.0461. The SMILES string of the molecule is COC1CC(NS(=O)(=O)c2ccc(CO)o2)C1(C)C. The third-order valence-corrected chi connectivity index (χ3v) is 5.16. The van der Waals surface area contributed by atoms with Crippen molar-refractivity contribution >= 4 is 10.0 Å². The van der Waals surface area contributed by atoms with E-state index in [1.807, 2.05) is 13.8 Å². The van der Waals surface area contributed by atoms with Crippen molar-refractivity contribution in [2.24, 2.45) is 5.41 Å². The van der Waals surface area contributed by atoms with Crippen molar-refractivity contribution in [1.82, 2.24) is 4.72 Å². The Labute approximate surface area is 112 Å². The molecule has 2 atom stereocenters. The smallest absolute Gasteiger partial charge is 0.274 e. The van der Waals surface area contributed by atoms with Crippen molar-refractivity contribution in [3.63, 3.8) is 0 Å². The lowest BCUT2D eigenvalue weighted by molar-refractivity contribution is -0.0909. The van der Waals surface area contributed by atoms with E-state index < -0.39 is 10.0 Å². The molecule has 7 heteroatoms. The lowest BCUT2D eigenvalue weighted by Gasteiger charge is -2.50. The Hall–Kier alpha value is -0.890. The van der Waals surface area contributed by atoms with Crippen molar-refractivity contribution in [2.75, 3.05) is 7.11 Å². The molecule has 1 saturated carbocycles. The molecule has 2 unspecified atom stereocenters. The fraction of sp³-hybridized carbons (Fsp3) is 0.667. The summed E-state index contributed by atoms with van der Waals surface area (Å²) < 4.78 is 37.2. The van der Waals surface area contributed by atoms with E-state index >= 15 is 0 Å². The predicted octanol–water partition coefficient (Wildman–Crippen LogP) is 0.864. The topological polar surface area (TPSA) is 88.8 Å². The van der Waals surface area contributed by atoms with Gasteiger partial charge in [-0.1, -0.05) is 13.8 Å². The first-order chi connectivity index (χ1) is 8.81. The minimum atomic E-state index is -3.70. The molecule has 0 aliphatic heterocycles. The van der Waals surface area contributed by atoms with E-state index in [9.17, 15) is 8.42 Å². The van der Waals surface area contributed by atoms with Crippen molar-refractivity contribution < 1.29 is 22.7 Å². The zero-order valence-electron chi connectivity index (χ0n) is 11.2. The monoisotopic (exact) mass is 289 g/mol. The molecule has 0 spiro atoms. The first-order valence-corrected chi connectivity index (χ1v) is 7.54. The van der Waals surface area contributed by atoms with Crippen LogP contribution >= 0.6 is 0 Å². The molecule has 2 rings (SSSR count). The van der Waals surface area contributed by atoms with Gasteiger partial charge in [0.05, 0.1) is 6.10 Å². The van der Waals surface area contributed by atoms with Gasteiger partial charge in [-0.25, -0.2) is 13.1 Å². The Morgan fingerprint density at radius 2 is 2.21 bits per heavy atom. The second-order valence-electron chi connectivity index (χ2n) is 5.33. The molecule has 0 bridgehead atoms. The zero-order valence-corrected chi connectivity index (χ0v) is 12.0. The van der Waals surface area contributed by atoms with Gasteiger partial charge in [-0.3, -0.25) is 0 Å². The van der Waals surface area contributed by atoms with E-state index in [1.165, 1.54) is 12.1 Å². The normalized spacial score (nSPS) is 26.1. The number of sulfonamides is 1. The highest BCUT2D eigenvalue weighted by molar-refractivity contribution is 7.89. The molecule has 0 amide bonds. The Kier molecular flexibility index (Phi) is 3.74. The highest BCUT2D eigenvalue weighted by Gasteiger charge is 2.50. The maximum atomic E-state index is 12.1. The van der Waals surface area contributed by atoms with E-state index in [-0.39, 0.29) is 35.0 Å². The first-order valence-electron chi connectivity index (χ1n) is 6.06. The summed E-state index contributed by atoms with van der Waals surface area (Å²) in [6.45, 7) is 3.59. The van der Waals surface area contributed by atoms with Gasteiger partial charge in [-0.2, -0.15) is 0 Å². The summed E-state index contributed by atoms with van der Waals surface area (Å²) in [4.78, 5) is 0. The van der Waals surface area contributed by atoms with Gasteiger partial charge < -0.3 is 14.3 Å². The average Bonchev–Trinajstić information content (AvgIpc) is 2.83. The predicted molar refractivity (Wildman–Crippen MR) is 67.9 cm³/mol. The number of nitrogens with one attached hydrogen (secondary N) is 1. The number of aliphatic hydroxyl groups is 1. The Morgan fingerprint density at radius 1 is 1.53 bits per heavy atom. The summed E-state index contributed by atoms with van der Waals surface area (Å²) in [6.07, 6.45) is 0.681. The van der Waals surface area contributed by atoms with Gasteiger partial charge in [0.2, 0.25) is 5.09 Å². The van der Waals surface area contributed by atoms with Crippen molar-refractivity contribution in [3.8, 4) is 0 Å². The molecule has 108 valence electrons. The highest BCUT2D eigenvalue weighted by atomic mass is 32.2. The summed E-state index contributed by atoms with van der Waals surface area (Å²) in [7, 11) is -2.07. The molecule has 6 nitrogen and oxygen atoms in total. The van der Waals surface area contributed by atoms with Crippen molar-refractivity contribution in [3.05, 3.63) is 17.9 Å². The summed E-state index contributed by atoms with van der Waals surface area (Å²) in [5.41, 5.74) is -0.256. The Bertz CT molecular complexity index is 548. The van der Waals surface area contributed by atoms with Gasteiger partial charge in [0.15, 0.2) is 0 Å². The fourth-order valence-corrected chi connectivity index (χ4v) is 3.67. The Balaban J connectivity index is 2.11. The first kappa shape index (κ1) is 14.5. The van der Waals surface area contributed by atoms with Crippen LogP contribution in [0.1, 0.15) is 26.0 Å². The maximum Gasteiger partial charge on any atom is 0.274 e. The highest BCUT2D eigenvalue weighted by Crippen LogP contribution is 2.43. The Morgan fingerprint density at radius 3 is 2.68 bits per heavy atom. The van der Waals surface area contributed by atoms with E-state index in [2.05, 4.69) is 4.72 Å². The standard InChI is InChI=1S/C12H19NO5S/c1-12(2)9(6-10(12)17-3)13-19(15,16)11-5-4-8(7-14)18-11/h4-5,9-10,13-14H,6-7H2,1-3H3. The van der Waals surface area contributed by atoms with Crippen LogP contribution in [-0.4, -0.2) is 32.8 Å². The van der Waals surface area contributed by atoms with Gasteiger partial charge in [0, 0.05) is 18.6 Å². The van der Waals surface area contributed by atoms with Gasteiger partial charge in [-0.05, 0) is 18.6 Å². The lowest BCUT2D eigenvalue weighted by Crippen LogP contribution is -2.61. The zero-order chi connectivity index (χ0) is 14.3. The molecule has 1 aromatic heterocycles. The molecule has 0 aromatic carbocycles. The van der Waals surface area contributed by atoms with Crippen LogP contribution in [0.3, 0.4) is 0 Å². The molecule has 1 aliphatic carbocycles. The molecule has 1 heterocycles.